The van der Waals surface area contributed by atoms with Crippen LogP contribution in [0.25, 0.3) is 10.9 Å². The van der Waals surface area contributed by atoms with Crippen molar-refractivity contribution in [1.82, 2.24) is 10.2 Å². The molecule has 3 N–H and O–H groups in total. The molecule has 0 radical (unpaired) electrons. The fourth-order valence-electron chi connectivity index (χ4n) is 1.78. The van der Waals surface area contributed by atoms with Crippen LogP contribution in [0.1, 0.15) is 16.1 Å². The van der Waals surface area contributed by atoms with Gasteiger partial charge in [-0.3, -0.25) is 5.10 Å². The second-order valence-electron chi connectivity index (χ2n) is 3.58. The molecule has 1 aromatic carbocycles. The third-order valence-electron chi connectivity index (χ3n) is 2.50. The highest BCUT2D eigenvalue weighted by Gasteiger charge is 2.16. The summed E-state index contributed by atoms with van der Waals surface area (Å²) in [5.41, 5.74) is 7.60. The lowest BCUT2D eigenvalue weighted by molar-refractivity contribution is 0.0603. The number of H-pyrrole nitrogens is 1. The first-order valence-electron chi connectivity index (χ1n) is 5.12. The van der Waals surface area contributed by atoms with Crippen LogP contribution in [0.3, 0.4) is 0 Å². The smallest absolute Gasteiger partial charge is 0.338 e. The van der Waals surface area contributed by atoms with Crippen molar-refractivity contribution >= 4 is 32.8 Å². The van der Waals surface area contributed by atoms with Crippen molar-refractivity contribution in [2.45, 2.75) is 6.42 Å². The van der Waals surface area contributed by atoms with Crippen molar-refractivity contribution in [3.05, 3.63) is 27.9 Å². The van der Waals surface area contributed by atoms with E-state index in [9.17, 15) is 4.79 Å². The van der Waals surface area contributed by atoms with E-state index in [0.717, 1.165) is 21.1 Å². The minimum absolute atomic E-state index is 0.379. The van der Waals surface area contributed by atoms with Crippen LogP contribution in [0.4, 0.5) is 0 Å². The lowest BCUT2D eigenvalue weighted by Crippen LogP contribution is -2.06. The summed E-state index contributed by atoms with van der Waals surface area (Å²) in [4.78, 5) is 11.7. The predicted octanol–water partition coefficient (Wildman–Crippen LogP) is 1.61. The van der Waals surface area contributed by atoms with E-state index in [0.29, 0.717) is 18.5 Å². The highest BCUT2D eigenvalue weighted by Crippen LogP contribution is 2.26. The Hall–Kier alpha value is -1.40. The van der Waals surface area contributed by atoms with Crippen LogP contribution in [0, 0.1) is 0 Å². The molecule has 5 nitrogen and oxygen atoms in total. The standard InChI is InChI=1S/C11H12BrN3O2/c1-17-11(16)7-4-6(12)5-9-10(7)8(2-3-13)14-15-9/h4-5H,2-3,13H2,1H3,(H,14,15). The number of hydrogen-bond donors (Lipinski definition) is 2. The Morgan fingerprint density at radius 1 is 1.59 bits per heavy atom. The molecule has 0 atom stereocenters. The van der Waals surface area contributed by atoms with Crippen molar-refractivity contribution in [3.63, 3.8) is 0 Å². The molecule has 1 heterocycles. The van der Waals surface area contributed by atoms with Crippen LogP contribution in [0.5, 0.6) is 0 Å². The lowest BCUT2D eigenvalue weighted by atomic mass is 10.1. The van der Waals surface area contributed by atoms with Gasteiger partial charge >= 0.3 is 5.97 Å². The maximum Gasteiger partial charge on any atom is 0.338 e. The molecule has 17 heavy (non-hydrogen) atoms. The molecule has 0 aliphatic rings. The van der Waals surface area contributed by atoms with Crippen LogP contribution in [-0.4, -0.2) is 29.8 Å². The summed E-state index contributed by atoms with van der Waals surface area (Å²) in [6.45, 7) is 0.494. The molecule has 0 unspecified atom stereocenters. The number of benzene rings is 1. The topological polar surface area (TPSA) is 81.0 Å². The third kappa shape index (κ3) is 2.18. The molecule has 0 saturated heterocycles. The number of ether oxygens (including phenoxy) is 1. The second-order valence-corrected chi connectivity index (χ2v) is 4.50. The number of nitrogens with zero attached hydrogens (tertiary/aromatic N) is 1. The molecule has 2 aromatic rings. The summed E-state index contributed by atoms with van der Waals surface area (Å²) in [7, 11) is 1.36. The van der Waals surface area contributed by atoms with E-state index in [-0.39, 0.29) is 5.97 Å². The fraction of sp³-hybridized carbons (Fsp3) is 0.273. The van der Waals surface area contributed by atoms with E-state index in [2.05, 4.69) is 26.1 Å². The first kappa shape index (κ1) is 12.1. The van der Waals surface area contributed by atoms with E-state index < -0.39 is 0 Å². The molecule has 6 heteroatoms. The van der Waals surface area contributed by atoms with Gasteiger partial charge in [0.15, 0.2) is 0 Å². The van der Waals surface area contributed by atoms with Gasteiger partial charge in [0, 0.05) is 22.0 Å². The summed E-state index contributed by atoms with van der Waals surface area (Å²) in [5, 5.41) is 7.84. The molecular weight excluding hydrogens is 286 g/mol. The molecule has 0 bridgehead atoms. The molecule has 0 aliphatic heterocycles. The summed E-state index contributed by atoms with van der Waals surface area (Å²) < 4.78 is 5.56. The monoisotopic (exact) mass is 297 g/mol. The lowest BCUT2D eigenvalue weighted by Gasteiger charge is -2.04. The van der Waals surface area contributed by atoms with Gasteiger partial charge in [0.05, 0.1) is 18.2 Å². The Morgan fingerprint density at radius 2 is 2.35 bits per heavy atom. The van der Waals surface area contributed by atoms with Gasteiger partial charge in [-0.25, -0.2) is 4.79 Å². The average Bonchev–Trinajstić information content (AvgIpc) is 2.71. The fourth-order valence-corrected chi connectivity index (χ4v) is 2.22. The number of nitrogens with two attached hydrogens (primary N) is 1. The van der Waals surface area contributed by atoms with Gasteiger partial charge in [0.1, 0.15) is 0 Å². The van der Waals surface area contributed by atoms with Crippen LogP contribution >= 0.6 is 15.9 Å². The highest BCUT2D eigenvalue weighted by molar-refractivity contribution is 9.10. The number of aromatic nitrogens is 2. The molecule has 0 saturated carbocycles. The Morgan fingerprint density at radius 3 is 3.00 bits per heavy atom. The molecule has 2 rings (SSSR count). The largest absolute Gasteiger partial charge is 0.465 e. The van der Waals surface area contributed by atoms with Crippen molar-refractivity contribution in [2.24, 2.45) is 5.73 Å². The number of methoxy groups -OCH3 is 1. The summed E-state index contributed by atoms with van der Waals surface area (Å²) >= 11 is 3.34. The zero-order valence-electron chi connectivity index (χ0n) is 9.29. The van der Waals surface area contributed by atoms with Gasteiger partial charge < -0.3 is 10.5 Å². The number of aromatic amines is 1. The van der Waals surface area contributed by atoms with Crippen LogP contribution in [-0.2, 0) is 11.2 Å². The van der Waals surface area contributed by atoms with Crippen LogP contribution in [0.15, 0.2) is 16.6 Å². The quantitative estimate of drug-likeness (QED) is 0.844. The van der Waals surface area contributed by atoms with Gasteiger partial charge in [-0.15, -0.1) is 0 Å². The van der Waals surface area contributed by atoms with E-state index in [1.165, 1.54) is 7.11 Å². The molecule has 1 aromatic heterocycles. The summed E-state index contributed by atoms with van der Waals surface area (Å²) in [6, 6.07) is 3.57. The van der Waals surface area contributed by atoms with Gasteiger partial charge in [-0.1, -0.05) is 15.9 Å². The maximum atomic E-state index is 11.7. The zero-order chi connectivity index (χ0) is 12.4. The number of hydrogen-bond acceptors (Lipinski definition) is 4. The third-order valence-corrected chi connectivity index (χ3v) is 2.95. The van der Waals surface area contributed by atoms with Crippen molar-refractivity contribution < 1.29 is 9.53 Å². The number of carbonyl (C=O) groups excluding carboxylic acids is 1. The molecule has 0 spiro atoms. The minimum Gasteiger partial charge on any atom is -0.465 e. The first-order chi connectivity index (χ1) is 8.17. The summed E-state index contributed by atoms with van der Waals surface area (Å²) in [6.07, 6.45) is 0.641. The SMILES string of the molecule is COC(=O)c1cc(Br)cc2n[nH]c(CCN)c12. The Bertz CT molecular complexity index is 565. The van der Waals surface area contributed by atoms with Gasteiger partial charge in [0.2, 0.25) is 0 Å². The first-order valence-corrected chi connectivity index (χ1v) is 5.91. The number of esters is 1. The van der Waals surface area contributed by atoms with Gasteiger partial charge in [0.25, 0.3) is 0 Å². The van der Waals surface area contributed by atoms with Crippen LogP contribution < -0.4 is 5.73 Å². The number of halogens is 1. The predicted molar refractivity (Wildman–Crippen MR) is 67.9 cm³/mol. The molecule has 0 amide bonds. The van der Waals surface area contributed by atoms with Gasteiger partial charge in [-0.05, 0) is 18.7 Å². The average molecular weight is 298 g/mol. The van der Waals surface area contributed by atoms with Crippen molar-refractivity contribution in [1.29, 1.82) is 0 Å². The molecule has 90 valence electrons. The van der Waals surface area contributed by atoms with E-state index >= 15 is 0 Å². The second kappa shape index (κ2) is 4.85. The number of carbonyl (C=O) groups is 1. The Kier molecular flexibility index (Phi) is 3.44. The number of fused-ring (bicyclic) bond motifs is 1. The molecule has 0 fully saturated rings. The normalized spacial score (nSPS) is 10.8. The van der Waals surface area contributed by atoms with Crippen molar-refractivity contribution in [3.8, 4) is 0 Å². The highest BCUT2D eigenvalue weighted by atomic mass is 79.9. The molecular formula is C11H12BrN3O2. The van der Waals surface area contributed by atoms with E-state index in [4.69, 9.17) is 10.5 Å². The van der Waals surface area contributed by atoms with E-state index in [1.54, 1.807) is 6.07 Å². The maximum absolute atomic E-state index is 11.7. The zero-order valence-corrected chi connectivity index (χ0v) is 10.9. The van der Waals surface area contributed by atoms with Gasteiger partial charge in [-0.2, -0.15) is 5.10 Å². The van der Waals surface area contributed by atoms with E-state index in [1.807, 2.05) is 6.07 Å². The Labute approximate surface area is 106 Å². The summed E-state index contributed by atoms with van der Waals surface area (Å²) in [5.74, 6) is -0.379. The Balaban J connectivity index is 2.69. The minimum atomic E-state index is -0.379. The van der Waals surface area contributed by atoms with Crippen LogP contribution in [0.2, 0.25) is 0 Å². The van der Waals surface area contributed by atoms with Crippen molar-refractivity contribution in [2.75, 3.05) is 13.7 Å². The number of rotatable bonds is 3. The number of nitrogens with one attached hydrogen (secondary N) is 1. The molecule has 0 aliphatic carbocycles.